The van der Waals surface area contributed by atoms with Crippen LogP contribution in [0.5, 0.6) is 0 Å². The first kappa shape index (κ1) is 8.58. The maximum Gasteiger partial charge on any atom is 0.297 e. The summed E-state index contributed by atoms with van der Waals surface area (Å²) in [7, 11) is 1.43. The molecule has 0 aliphatic heterocycles. The van der Waals surface area contributed by atoms with Crippen molar-refractivity contribution >= 4 is 17.6 Å². The molecule has 0 unspecified atom stereocenters. The van der Waals surface area contributed by atoms with Gasteiger partial charge in [-0.15, -0.1) is 0 Å². The van der Waals surface area contributed by atoms with Gasteiger partial charge in [0, 0.05) is 18.8 Å². The minimum absolute atomic E-state index is 0.584. The van der Waals surface area contributed by atoms with Crippen LogP contribution in [-0.4, -0.2) is 19.3 Å². The smallest absolute Gasteiger partial charge is 0.297 e. The lowest BCUT2D eigenvalue weighted by molar-refractivity contribution is 0.219. The molecule has 0 atom stereocenters. The Hall–Kier alpha value is -0.420. The van der Waals surface area contributed by atoms with Crippen molar-refractivity contribution in [3.05, 3.63) is 0 Å². The Morgan fingerprint density at radius 3 is 2.33 bits per heavy atom. The van der Waals surface area contributed by atoms with Crippen LogP contribution in [0.3, 0.4) is 0 Å². The van der Waals surface area contributed by atoms with E-state index in [1.54, 1.807) is 0 Å². The van der Waals surface area contributed by atoms with E-state index in [4.69, 9.17) is 11.8 Å². The summed E-state index contributed by atoms with van der Waals surface area (Å²) in [6, 6.07) is 0. The summed E-state index contributed by atoms with van der Waals surface area (Å²) in [5.41, 5.74) is 4.30. The maximum atomic E-state index is 11.6. The van der Waals surface area contributed by atoms with Crippen molar-refractivity contribution < 1.29 is 8.78 Å². The molecule has 0 spiro atoms. The predicted molar refractivity (Wildman–Crippen MR) is 31.5 cm³/mol. The summed E-state index contributed by atoms with van der Waals surface area (Å²) in [5, 5.41) is 0. The van der Waals surface area contributed by atoms with Crippen LogP contribution in [0.4, 0.5) is 8.78 Å². The molecule has 54 valence electrons. The first-order valence-electron chi connectivity index (χ1n) is 2.12. The zero-order valence-electron chi connectivity index (χ0n) is 4.66. The quantitative estimate of drug-likeness (QED) is 0.349. The van der Waals surface area contributed by atoms with Crippen LogP contribution < -0.4 is 10.9 Å². The van der Waals surface area contributed by atoms with Crippen LogP contribution in [0.2, 0.25) is 0 Å². The molecule has 3 nitrogen and oxygen atoms in total. The summed E-state index contributed by atoms with van der Waals surface area (Å²) in [6.07, 6.45) is -2.67. The maximum absolute atomic E-state index is 11.6. The molecule has 0 fully saturated rings. The molecule has 0 saturated carbocycles. The molecule has 0 bridgehead atoms. The number of halogens is 3. The molecule has 0 radical (unpaired) electrons. The van der Waals surface area contributed by atoms with Gasteiger partial charge in [0.2, 0.25) is 0 Å². The number of rotatable bonds is 2. The number of nitrogens with one attached hydrogen (secondary N) is 2. The summed E-state index contributed by atoms with van der Waals surface area (Å²) in [4.78, 5) is 0. The van der Waals surface area contributed by atoms with Gasteiger partial charge in [0.25, 0.3) is 6.43 Å². The molecular formula is C3H6ClF2N3. The molecule has 9 heavy (non-hydrogen) atoms. The van der Waals surface area contributed by atoms with E-state index >= 15 is 0 Å². The molecule has 0 heterocycles. The number of nitrogens with zero attached hydrogens (tertiary/aromatic N) is 1. The lowest BCUT2D eigenvalue weighted by Gasteiger charge is -2.03. The largest absolute Gasteiger partial charge is 0.304 e. The average Bonchev–Trinajstić information content (AvgIpc) is 1.82. The van der Waals surface area contributed by atoms with Crippen LogP contribution in [0.25, 0.3) is 0 Å². The van der Waals surface area contributed by atoms with Crippen LogP contribution in [-0.2, 0) is 0 Å². The van der Waals surface area contributed by atoms with Gasteiger partial charge in [-0.3, -0.25) is 0 Å². The van der Waals surface area contributed by atoms with Gasteiger partial charge in [0.1, 0.15) is 0 Å². The third-order valence-electron chi connectivity index (χ3n) is 0.551. The molecule has 0 amide bonds. The van der Waals surface area contributed by atoms with Crippen molar-refractivity contribution in [3.8, 4) is 0 Å². The van der Waals surface area contributed by atoms with Crippen molar-refractivity contribution in [2.24, 2.45) is 4.51 Å². The van der Waals surface area contributed by atoms with Gasteiger partial charge in [-0.2, -0.15) is 4.51 Å². The second-order valence-corrected chi connectivity index (χ2v) is 1.31. The van der Waals surface area contributed by atoms with Crippen LogP contribution >= 0.6 is 11.8 Å². The van der Waals surface area contributed by atoms with Gasteiger partial charge in [-0.05, 0) is 0 Å². The average molecular weight is 158 g/mol. The standard InChI is InChI=1S/C3H6ClF2N3/c1-7-9-3(8-4)2(5)6/h2,7H,1H3,(H,8,9). The number of alkyl halides is 2. The number of amidine groups is 1. The topological polar surface area (TPSA) is 36.4 Å². The molecule has 0 aliphatic carbocycles. The summed E-state index contributed by atoms with van der Waals surface area (Å²) in [5.74, 6) is -0.584. The van der Waals surface area contributed by atoms with Crippen molar-refractivity contribution in [2.75, 3.05) is 7.05 Å². The second-order valence-electron chi connectivity index (χ2n) is 1.15. The summed E-state index contributed by atoms with van der Waals surface area (Å²) >= 11 is 4.75. The van der Waals surface area contributed by atoms with Gasteiger partial charge in [0.15, 0.2) is 5.84 Å². The van der Waals surface area contributed by atoms with E-state index in [0.29, 0.717) is 0 Å². The van der Waals surface area contributed by atoms with Gasteiger partial charge >= 0.3 is 0 Å². The second kappa shape index (κ2) is 4.46. The van der Waals surface area contributed by atoms with Crippen molar-refractivity contribution in [3.63, 3.8) is 0 Å². The lowest BCUT2D eigenvalue weighted by atomic mass is 10.6. The first-order chi connectivity index (χ1) is 4.22. The van der Waals surface area contributed by atoms with Crippen molar-refractivity contribution in [1.29, 1.82) is 0 Å². The highest BCUT2D eigenvalue weighted by atomic mass is 35.5. The molecule has 0 aliphatic rings. The van der Waals surface area contributed by atoms with E-state index < -0.39 is 12.3 Å². The molecule has 2 N–H and O–H groups in total. The Morgan fingerprint density at radius 2 is 2.22 bits per heavy atom. The Kier molecular flexibility index (Phi) is 4.25. The molecule has 0 aromatic rings. The van der Waals surface area contributed by atoms with Crippen molar-refractivity contribution in [2.45, 2.75) is 6.43 Å². The van der Waals surface area contributed by atoms with E-state index in [1.165, 1.54) is 7.05 Å². The third kappa shape index (κ3) is 3.21. The fourth-order valence-corrected chi connectivity index (χ4v) is 0.357. The van der Waals surface area contributed by atoms with E-state index in [9.17, 15) is 8.78 Å². The highest BCUT2D eigenvalue weighted by Crippen LogP contribution is 1.94. The molecule has 0 aromatic heterocycles. The van der Waals surface area contributed by atoms with E-state index in [0.717, 1.165) is 0 Å². The van der Waals surface area contributed by atoms with Gasteiger partial charge < -0.3 is 5.43 Å². The Bertz CT molecular complexity index is 105. The Morgan fingerprint density at radius 1 is 1.67 bits per heavy atom. The normalized spacial score (nSPS) is 12.3. The SMILES string of the molecule is CNN/C(=N\Cl)C(F)F. The highest BCUT2D eigenvalue weighted by Gasteiger charge is 2.10. The van der Waals surface area contributed by atoms with Crippen LogP contribution in [0.1, 0.15) is 0 Å². The molecule has 0 saturated heterocycles. The van der Waals surface area contributed by atoms with E-state index in [2.05, 4.69) is 9.94 Å². The van der Waals surface area contributed by atoms with Gasteiger partial charge in [-0.1, -0.05) is 0 Å². The zero-order valence-corrected chi connectivity index (χ0v) is 5.41. The minimum Gasteiger partial charge on any atom is -0.304 e. The number of hydrogen-bond acceptors (Lipinski definition) is 2. The fraction of sp³-hybridized carbons (Fsp3) is 0.667. The highest BCUT2D eigenvalue weighted by molar-refractivity contribution is 6.20. The Labute approximate surface area is 56.2 Å². The van der Waals surface area contributed by atoms with Gasteiger partial charge in [0.05, 0.1) is 0 Å². The third-order valence-corrected chi connectivity index (χ3v) is 0.733. The number of hydrazine groups is 1. The number of hydrogen-bond donors (Lipinski definition) is 2. The summed E-state index contributed by atoms with van der Waals surface area (Å²) in [6.45, 7) is 0. The van der Waals surface area contributed by atoms with E-state index in [-0.39, 0.29) is 0 Å². The monoisotopic (exact) mass is 157 g/mol. The lowest BCUT2D eigenvalue weighted by Crippen LogP contribution is -2.38. The predicted octanol–water partition coefficient (Wildman–Crippen LogP) is 0.528. The minimum atomic E-state index is -2.67. The first-order valence-corrected chi connectivity index (χ1v) is 2.46. The van der Waals surface area contributed by atoms with Crippen molar-refractivity contribution in [1.82, 2.24) is 10.9 Å². The van der Waals surface area contributed by atoms with Crippen LogP contribution in [0, 0.1) is 0 Å². The Balaban J connectivity index is 3.70. The summed E-state index contributed by atoms with van der Waals surface area (Å²) < 4.78 is 25.9. The van der Waals surface area contributed by atoms with Crippen LogP contribution in [0.15, 0.2) is 4.51 Å². The molecule has 0 rings (SSSR count). The zero-order chi connectivity index (χ0) is 7.28. The molecule has 6 heteroatoms. The van der Waals surface area contributed by atoms with Gasteiger partial charge in [-0.25, -0.2) is 14.2 Å². The molecule has 0 aromatic carbocycles. The molecular weight excluding hydrogens is 152 g/mol. The van der Waals surface area contributed by atoms with E-state index in [1.807, 2.05) is 5.43 Å². The fourth-order valence-electron chi connectivity index (χ4n) is 0.241.